The van der Waals surface area contributed by atoms with Gasteiger partial charge in [0, 0.05) is 6.42 Å². The predicted octanol–water partition coefficient (Wildman–Crippen LogP) is 1.30. The topological polar surface area (TPSA) is 110 Å². The molecular formula is C21H41NaO7S. The maximum absolute atomic E-state index is 11.5. The fraction of sp³-hybridized carbons (Fsp3) is 0.857. The van der Waals surface area contributed by atoms with Crippen molar-refractivity contribution in [3.63, 3.8) is 0 Å². The van der Waals surface area contributed by atoms with Crippen LogP contribution in [0, 0.1) is 0 Å². The van der Waals surface area contributed by atoms with Crippen molar-refractivity contribution in [3.05, 3.63) is 12.2 Å². The van der Waals surface area contributed by atoms with Crippen molar-refractivity contribution in [2.24, 2.45) is 0 Å². The minimum Gasteiger partial charge on any atom is -1.00 e. The van der Waals surface area contributed by atoms with Crippen LogP contribution in [0.4, 0.5) is 0 Å². The third kappa shape index (κ3) is 22.7. The van der Waals surface area contributed by atoms with Crippen molar-refractivity contribution in [3.8, 4) is 0 Å². The Morgan fingerprint density at radius 1 is 0.933 bits per heavy atom. The van der Waals surface area contributed by atoms with Gasteiger partial charge in [-0.05, 0) is 32.1 Å². The fourth-order valence-electron chi connectivity index (χ4n) is 2.73. The average molecular weight is 461 g/mol. The van der Waals surface area contributed by atoms with E-state index in [4.69, 9.17) is 10.2 Å². The van der Waals surface area contributed by atoms with Gasteiger partial charge in [-0.3, -0.25) is 4.79 Å². The molecule has 0 spiro atoms. The first-order valence-corrected chi connectivity index (χ1v) is 12.3. The third-order valence-electron chi connectivity index (χ3n) is 4.45. The second-order valence-electron chi connectivity index (χ2n) is 7.32. The van der Waals surface area contributed by atoms with Crippen LogP contribution < -0.4 is 29.6 Å². The van der Waals surface area contributed by atoms with Gasteiger partial charge in [-0.15, -0.1) is 0 Å². The van der Waals surface area contributed by atoms with Gasteiger partial charge in [0.05, 0.1) is 13.2 Å². The maximum atomic E-state index is 11.5. The molecule has 0 rings (SSSR count). The molecule has 174 valence electrons. The molecule has 0 amide bonds. The van der Waals surface area contributed by atoms with E-state index in [9.17, 15) is 13.2 Å². The van der Waals surface area contributed by atoms with Gasteiger partial charge in [0.15, 0.2) is 0 Å². The Balaban J connectivity index is -0.00000392. The summed E-state index contributed by atoms with van der Waals surface area (Å²) >= 11 is 0. The van der Waals surface area contributed by atoms with Crippen LogP contribution in [0.25, 0.3) is 0 Å². The van der Waals surface area contributed by atoms with Crippen molar-refractivity contribution >= 4 is 16.4 Å². The monoisotopic (exact) mass is 460 g/mol. The molecule has 1 atom stereocenters. The second-order valence-corrected chi connectivity index (χ2v) is 8.54. The number of carbonyl (C=O) groups is 1. The largest absolute Gasteiger partial charge is 1.00 e. The Morgan fingerprint density at radius 3 is 1.97 bits per heavy atom. The Morgan fingerprint density at radius 2 is 1.43 bits per heavy atom. The molecule has 0 aromatic heterocycles. The molecule has 0 aromatic carbocycles. The summed E-state index contributed by atoms with van der Waals surface area (Å²) in [5.74, 6) is -0.874. The number of carbonyl (C=O) groups excluding carboxylic acids is 1. The Labute approximate surface area is 206 Å². The predicted molar refractivity (Wildman–Crippen MR) is 115 cm³/mol. The second kappa shape index (κ2) is 22.2. The van der Waals surface area contributed by atoms with Gasteiger partial charge < -0.3 is 15.8 Å². The molecule has 0 heterocycles. The summed E-state index contributed by atoms with van der Waals surface area (Å²) in [5, 5.41) is 17.6. The van der Waals surface area contributed by atoms with Crippen LogP contribution in [0.15, 0.2) is 12.2 Å². The normalized spacial score (nSPS) is 12.6. The minimum atomic E-state index is -4.48. The van der Waals surface area contributed by atoms with E-state index in [2.05, 4.69) is 27.4 Å². The number of hydrogen-bond acceptors (Lipinski definition) is 7. The Hall–Kier alpha value is 0.0400. The van der Waals surface area contributed by atoms with Crippen LogP contribution in [-0.2, 0) is 23.6 Å². The number of allylic oxidation sites excluding steroid dienone is 2. The summed E-state index contributed by atoms with van der Waals surface area (Å²) in [5.41, 5.74) is 0. The van der Waals surface area contributed by atoms with E-state index in [0.29, 0.717) is 6.42 Å². The molecule has 0 aliphatic heterocycles. The molecule has 0 aromatic rings. The molecule has 0 saturated carbocycles. The van der Waals surface area contributed by atoms with Crippen molar-refractivity contribution in [1.82, 2.24) is 0 Å². The molecule has 0 aliphatic rings. The zero-order chi connectivity index (χ0) is 21.8. The molecule has 9 heteroatoms. The quantitative estimate of drug-likeness (QED) is 0.160. The van der Waals surface area contributed by atoms with Gasteiger partial charge >= 0.3 is 45.9 Å². The molecule has 2 N–H and O–H groups in total. The standard InChI is InChI=1S/C21H40O7S.Na.H/c1-2-3-4-5-6-7-8-9-10-11-12-13-14-15-16-17-21(24)28-29(25,26)27-19-20(23)18-22;;/h9-10,20,22-23H,2-8,11-19H2,1H3;;/q;+1;-1/b10-9-;;. The smallest absolute Gasteiger partial charge is 1.00 e. The van der Waals surface area contributed by atoms with E-state index in [1.54, 1.807) is 0 Å². The van der Waals surface area contributed by atoms with Crippen molar-refractivity contribution in [2.75, 3.05) is 13.2 Å². The van der Waals surface area contributed by atoms with Gasteiger partial charge in [0.25, 0.3) is 0 Å². The van der Waals surface area contributed by atoms with Crippen LogP contribution in [-0.4, -0.2) is 43.9 Å². The minimum absolute atomic E-state index is 0. The van der Waals surface area contributed by atoms with Crippen LogP contribution >= 0.6 is 0 Å². The number of aliphatic hydroxyl groups excluding tert-OH is 2. The summed E-state index contributed by atoms with van der Waals surface area (Å²) in [6.07, 6.45) is 18.0. The summed E-state index contributed by atoms with van der Waals surface area (Å²) < 4.78 is 31.3. The van der Waals surface area contributed by atoms with Gasteiger partial charge in [0.2, 0.25) is 0 Å². The summed E-state index contributed by atoms with van der Waals surface area (Å²) in [6, 6.07) is 0. The van der Waals surface area contributed by atoms with Gasteiger partial charge in [-0.2, -0.15) is 8.42 Å². The molecule has 7 nitrogen and oxygen atoms in total. The number of hydrogen-bond donors (Lipinski definition) is 2. The first kappa shape index (κ1) is 32.2. The Bertz CT molecular complexity index is 530. The van der Waals surface area contributed by atoms with E-state index in [0.717, 1.165) is 32.1 Å². The summed E-state index contributed by atoms with van der Waals surface area (Å²) in [4.78, 5) is 11.5. The number of aliphatic hydroxyl groups is 2. The van der Waals surface area contributed by atoms with Gasteiger partial charge in [-0.25, -0.2) is 4.18 Å². The Kier molecular flexibility index (Phi) is 23.9. The fourth-order valence-corrected chi connectivity index (χ4v) is 3.42. The van der Waals surface area contributed by atoms with E-state index in [1.165, 1.54) is 44.9 Å². The van der Waals surface area contributed by atoms with Crippen molar-refractivity contribution < 1.29 is 62.8 Å². The van der Waals surface area contributed by atoms with Crippen LogP contribution in [0.5, 0.6) is 0 Å². The average Bonchev–Trinajstić information content (AvgIpc) is 2.68. The van der Waals surface area contributed by atoms with Crippen LogP contribution in [0.2, 0.25) is 0 Å². The zero-order valence-corrected chi connectivity index (χ0v) is 21.7. The summed E-state index contributed by atoms with van der Waals surface area (Å²) in [7, 11) is -4.48. The number of rotatable bonds is 20. The summed E-state index contributed by atoms with van der Waals surface area (Å²) in [6.45, 7) is 0.938. The molecule has 0 aliphatic carbocycles. The molecule has 0 saturated heterocycles. The molecular weight excluding hydrogens is 419 g/mol. The molecule has 0 fully saturated rings. The van der Waals surface area contributed by atoms with Crippen LogP contribution in [0.3, 0.4) is 0 Å². The van der Waals surface area contributed by atoms with E-state index in [-0.39, 0.29) is 37.4 Å². The first-order valence-electron chi connectivity index (χ1n) is 11.0. The number of unbranched alkanes of at least 4 members (excludes halogenated alkanes) is 11. The molecule has 0 radical (unpaired) electrons. The zero-order valence-electron chi connectivity index (χ0n) is 19.9. The van der Waals surface area contributed by atoms with E-state index >= 15 is 0 Å². The van der Waals surface area contributed by atoms with Crippen LogP contribution in [0.1, 0.15) is 98.2 Å². The first-order chi connectivity index (χ1) is 13.9. The van der Waals surface area contributed by atoms with Crippen molar-refractivity contribution in [1.29, 1.82) is 0 Å². The molecule has 0 bridgehead atoms. The van der Waals surface area contributed by atoms with E-state index in [1.807, 2.05) is 0 Å². The van der Waals surface area contributed by atoms with E-state index < -0.39 is 35.7 Å². The van der Waals surface area contributed by atoms with Gasteiger partial charge in [0.1, 0.15) is 6.10 Å². The molecule has 30 heavy (non-hydrogen) atoms. The maximum Gasteiger partial charge on any atom is 1.00 e. The van der Waals surface area contributed by atoms with Crippen molar-refractivity contribution in [2.45, 2.75) is 103 Å². The molecule has 1 unspecified atom stereocenters. The third-order valence-corrected chi connectivity index (χ3v) is 5.27. The van der Waals surface area contributed by atoms with Gasteiger partial charge in [-0.1, -0.05) is 70.4 Å². The SMILES string of the molecule is CCCCCCCC/C=C\CCCCCCCC(=O)OS(=O)(=O)OCC(O)CO.[H-].[Na+].